The van der Waals surface area contributed by atoms with Gasteiger partial charge in [0.05, 0.1) is 13.1 Å². The number of hydrogen-bond donors (Lipinski definition) is 1. The van der Waals surface area contributed by atoms with E-state index in [1.807, 2.05) is 37.3 Å². The summed E-state index contributed by atoms with van der Waals surface area (Å²) in [6, 6.07) is 17.2. The molecule has 2 aromatic rings. The van der Waals surface area contributed by atoms with Gasteiger partial charge in [0.1, 0.15) is 4.90 Å². The second-order valence-corrected chi connectivity index (χ2v) is 10.4. The van der Waals surface area contributed by atoms with E-state index in [1.54, 1.807) is 30.3 Å². The smallest absolute Gasteiger partial charge is 0.363 e. The molecule has 0 bridgehead atoms. The van der Waals surface area contributed by atoms with Gasteiger partial charge in [-0.05, 0) is 24.1 Å². The molecule has 3 unspecified atom stereocenters. The SMILES string of the molecule is CCCC[N+]1(S(=O)(=O)c2ccccc2)CCC(C)(c2ccccc2)CC1C(=O)O. The molecule has 156 valence electrons. The largest absolute Gasteiger partial charge is 0.477 e. The van der Waals surface area contributed by atoms with Crippen molar-refractivity contribution < 1.29 is 22.2 Å². The Kier molecular flexibility index (Phi) is 6.15. The number of rotatable bonds is 7. The predicted octanol–water partition coefficient (Wildman–Crippen LogP) is 4.20. The Hall–Kier alpha value is -2.18. The second-order valence-electron chi connectivity index (χ2n) is 8.28. The molecule has 1 fully saturated rings. The number of likely N-dealkylation sites (tertiary alicyclic amines) is 1. The Morgan fingerprint density at radius 1 is 1.10 bits per heavy atom. The van der Waals surface area contributed by atoms with Crippen molar-refractivity contribution in [3.8, 4) is 0 Å². The topological polar surface area (TPSA) is 71.4 Å². The summed E-state index contributed by atoms with van der Waals surface area (Å²) in [7, 11) is -3.87. The van der Waals surface area contributed by atoms with Crippen molar-refractivity contribution in [3.05, 3.63) is 66.2 Å². The van der Waals surface area contributed by atoms with Gasteiger partial charge in [-0.2, -0.15) is 8.42 Å². The van der Waals surface area contributed by atoms with Crippen LogP contribution in [-0.4, -0.2) is 42.5 Å². The van der Waals surface area contributed by atoms with Crippen molar-refractivity contribution in [1.29, 1.82) is 0 Å². The molecule has 2 aromatic carbocycles. The molecule has 0 saturated carbocycles. The van der Waals surface area contributed by atoms with E-state index in [2.05, 4.69) is 6.92 Å². The standard InChI is InChI=1S/C23H29NO4S/c1-3-4-16-24(29(27,28)20-13-9-6-10-14-20)17-15-23(2,18-21(24)22(25)26)19-11-7-5-8-12-19/h5-14,21H,3-4,15-18H2,1-2H3/p+1. The highest BCUT2D eigenvalue weighted by Gasteiger charge is 2.58. The average molecular weight is 417 g/mol. The molecule has 0 spiro atoms. The van der Waals surface area contributed by atoms with Crippen molar-refractivity contribution in [3.63, 3.8) is 0 Å². The number of unbranched alkanes of at least 4 members (excludes halogenated alkanes) is 1. The quantitative estimate of drug-likeness (QED) is 0.687. The van der Waals surface area contributed by atoms with Crippen LogP contribution in [0.4, 0.5) is 0 Å². The third kappa shape index (κ3) is 3.83. The zero-order valence-electron chi connectivity index (χ0n) is 17.1. The minimum Gasteiger partial charge on any atom is -0.477 e. The maximum absolute atomic E-state index is 13.8. The average Bonchev–Trinajstić information content (AvgIpc) is 2.74. The first-order chi connectivity index (χ1) is 13.8. The van der Waals surface area contributed by atoms with Gasteiger partial charge in [0.15, 0.2) is 0 Å². The Morgan fingerprint density at radius 2 is 1.69 bits per heavy atom. The normalized spacial score (nSPS) is 27.4. The Balaban J connectivity index is 2.10. The summed E-state index contributed by atoms with van der Waals surface area (Å²) >= 11 is 0. The lowest BCUT2D eigenvalue weighted by Gasteiger charge is -2.49. The molecule has 0 radical (unpaired) electrons. The summed E-state index contributed by atoms with van der Waals surface area (Å²) in [5.74, 6) is -1.04. The van der Waals surface area contributed by atoms with Crippen molar-refractivity contribution in [2.75, 3.05) is 13.1 Å². The van der Waals surface area contributed by atoms with Crippen molar-refractivity contribution in [1.82, 2.24) is 0 Å². The number of carboxylic acid groups (broad SMARTS) is 1. The van der Waals surface area contributed by atoms with E-state index >= 15 is 0 Å². The monoisotopic (exact) mass is 416 g/mol. The Labute approximate surface area is 173 Å². The van der Waals surface area contributed by atoms with Gasteiger partial charge >= 0.3 is 16.0 Å². The number of aliphatic carboxylic acids is 1. The summed E-state index contributed by atoms with van der Waals surface area (Å²) < 4.78 is 27.2. The summed E-state index contributed by atoms with van der Waals surface area (Å²) in [5.41, 5.74) is 0.696. The van der Waals surface area contributed by atoms with Crippen LogP contribution < -0.4 is 0 Å². The lowest BCUT2D eigenvalue weighted by molar-refractivity contribution is -0.832. The molecule has 0 amide bonds. The van der Waals surface area contributed by atoms with E-state index in [4.69, 9.17) is 0 Å². The minimum atomic E-state index is -3.87. The van der Waals surface area contributed by atoms with Gasteiger partial charge in [-0.3, -0.25) is 0 Å². The summed E-state index contributed by atoms with van der Waals surface area (Å²) in [4.78, 5) is 12.6. The lowest BCUT2D eigenvalue weighted by Crippen LogP contribution is -2.67. The van der Waals surface area contributed by atoms with E-state index in [0.29, 0.717) is 32.4 Å². The molecule has 1 aliphatic heterocycles. The molecule has 0 aliphatic carbocycles. The molecule has 6 heteroatoms. The Morgan fingerprint density at radius 3 is 2.24 bits per heavy atom. The molecule has 1 heterocycles. The molecule has 1 N–H and O–H groups in total. The van der Waals surface area contributed by atoms with Crippen LogP contribution in [0.1, 0.15) is 45.1 Å². The van der Waals surface area contributed by atoms with Gasteiger partial charge in [-0.15, -0.1) is 0 Å². The highest BCUT2D eigenvalue weighted by atomic mass is 32.2. The van der Waals surface area contributed by atoms with Crippen LogP contribution in [0.3, 0.4) is 0 Å². The molecule has 0 aromatic heterocycles. The molecule has 3 rings (SSSR count). The van der Waals surface area contributed by atoms with Gasteiger partial charge < -0.3 is 5.11 Å². The molecule has 29 heavy (non-hydrogen) atoms. The number of benzene rings is 2. The third-order valence-electron chi connectivity index (χ3n) is 6.42. The highest BCUT2D eigenvalue weighted by molar-refractivity contribution is 7.86. The first-order valence-electron chi connectivity index (χ1n) is 10.2. The van der Waals surface area contributed by atoms with Crippen molar-refractivity contribution >= 4 is 16.0 Å². The fourth-order valence-electron chi connectivity index (χ4n) is 4.58. The van der Waals surface area contributed by atoms with Crippen molar-refractivity contribution in [2.24, 2.45) is 0 Å². The van der Waals surface area contributed by atoms with Crippen LogP contribution >= 0.6 is 0 Å². The number of sulfonamides is 1. The van der Waals surface area contributed by atoms with E-state index in [-0.39, 0.29) is 10.3 Å². The van der Waals surface area contributed by atoms with E-state index in [9.17, 15) is 18.3 Å². The first kappa shape index (κ1) is 21.5. The molecule has 5 nitrogen and oxygen atoms in total. The molecule has 3 atom stereocenters. The van der Waals surface area contributed by atoms with Crippen LogP contribution in [0, 0.1) is 0 Å². The van der Waals surface area contributed by atoms with Crippen LogP contribution in [0.15, 0.2) is 65.6 Å². The van der Waals surface area contributed by atoms with Gasteiger partial charge in [0.2, 0.25) is 6.04 Å². The van der Waals surface area contributed by atoms with Crippen LogP contribution in [0.25, 0.3) is 0 Å². The van der Waals surface area contributed by atoms with Crippen LogP contribution in [0.2, 0.25) is 0 Å². The Bertz CT molecular complexity index is 945. The number of carboxylic acids is 1. The summed E-state index contributed by atoms with van der Waals surface area (Å²) in [6.45, 7) is 4.66. The van der Waals surface area contributed by atoms with E-state index in [0.717, 1.165) is 12.0 Å². The zero-order chi connectivity index (χ0) is 21.1. The third-order valence-corrected chi connectivity index (χ3v) is 8.86. The van der Waals surface area contributed by atoms with Crippen LogP contribution in [-0.2, 0) is 20.2 Å². The predicted molar refractivity (Wildman–Crippen MR) is 113 cm³/mol. The fraction of sp³-hybridized carbons (Fsp3) is 0.435. The fourth-order valence-corrected chi connectivity index (χ4v) is 6.70. The maximum atomic E-state index is 13.8. The minimum absolute atomic E-state index is 0.200. The number of piperidine rings is 1. The molecule has 1 aliphatic rings. The number of carbonyl (C=O) groups is 1. The number of nitrogens with zero attached hydrogens (tertiary/aromatic N) is 1. The van der Waals surface area contributed by atoms with Gasteiger partial charge in [-0.25, -0.2) is 8.68 Å². The lowest BCUT2D eigenvalue weighted by atomic mass is 9.72. The molecule has 1 saturated heterocycles. The van der Waals surface area contributed by atoms with E-state index < -0.39 is 25.9 Å². The maximum Gasteiger partial charge on any atom is 0.363 e. The van der Waals surface area contributed by atoms with Gasteiger partial charge in [0.25, 0.3) is 0 Å². The van der Waals surface area contributed by atoms with Gasteiger partial charge in [-0.1, -0.05) is 68.8 Å². The second kappa shape index (κ2) is 8.28. The number of quaternary nitrogens is 1. The first-order valence-corrected chi connectivity index (χ1v) is 11.7. The summed E-state index contributed by atoms with van der Waals surface area (Å²) in [6.07, 6.45) is 2.39. The van der Waals surface area contributed by atoms with E-state index in [1.165, 1.54) is 0 Å². The van der Waals surface area contributed by atoms with Crippen molar-refractivity contribution in [2.45, 2.75) is 55.9 Å². The zero-order valence-corrected chi connectivity index (χ0v) is 17.9. The molecular weight excluding hydrogens is 386 g/mol. The van der Waals surface area contributed by atoms with Gasteiger partial charge in [0, 0.05) is 18.3 Å². The number of hydrogen-bond acceptors (Lipinski definition) is 3. The van der Waals surface area contributed by atoms with Crippen LogP contribution in [0.5, 0.6) is 0 Å². The highest BCUT2D eigenvalue weighted by Crippen LogP contribution is 2.44. The molecular formula is C23H30NO4S+. The summed E-state index contributed by atoms with van der Waals surface area (Å²) in [5, 5.41) is 10.2.